The Hall–Kier alpha value is -2.43. The second-order valence-electron chi connectivity index (χ2n) is 8.42. The van der Waals surface area contributed by atoms with Gasteiger partial charge in [0.15, 0.2) is 0 Å². The van der Waals surface area contributed by atoms with Gasteiger partial charge in [-0.3, -0.25) is 15.2 Å². The minimum absolute atomic E-state index is 0.0555. The van der Waals surface area contributed by atoms with E-state index in [0.29, 0.717) is 0 Å². The van der Waals surface area contributed by atoms with Gasteiger partial charge >= 0.3 is 0 Å². The fraction of sp³-hybridized carbons (Fsp3) is 0.421. The van der Waals surface area contributed by atoms with Crippen LogP contribution in [0.15, 0.2) is 18.5 Å². The summed E-state index contributed by atoms with van der Waals surface area (Å²) in [6.45, 7) is 9.06. The van der Waals surface area contributed by atoms with Crippen molar-refractivity contribution in [1.82, 2.24) is 25.4 Å². The van der Waals surface area contributed by atoms with Gasteiger partial charge in [-0.2, -0.15) is 10.2 Å². The van der Waals surface area contributed by atoms with E-state index in [2.05, 4.69) is 54.2 Å². The molecule has 24 heavy (non-hydrogen) atoms. The molecule has 0 unspecified atom stereocenters. The molecular formula is C19H21N5. The summed E-state index contributed by atoms with van der Waals surface area (Å²) in [4.78, 5) is 5.11. The summed E-state index contributed by atoms with van der Waals surface area (Å²) in [6, 6.07) is 2.27. The highest BCUT2D eigenvalue weighted by Gasteiger charge is 2.38. The maximum atomic E-state index is 5.11. The normalized spacial score (nSPS) is 19.2. The van der Waals surface area contributed by atoms with E-state index in [1.54, 1.807) is 0 Å². The number of nitrogens with zero attached hydrogens (tertiary/aromatic N) is 3. The molecule has 2 aliphatic rings. The minimum atomic E-state index is 0.0555. The Kier molecular flexibility index (Phi) is 2.41. The van der Waals surface area contributed by atoms with Crippen molar-refractivity contribution in [2.45, 2.75) is 51.4 Å². The predicted octanol–water partition coefficient (Wildman–Crippen LogP) is 3.53. The molecule has 0 bridgehead atoms. The maximum absolute atomic E-state index is 5.11. The summed E-state index contributed by atoms with van der Waals surface area (Å²) in [5.41, 5.74) is 9.60. The number of nitrogens with one attached hydrogen (secondary N) is 2. The van der Waals surface area contributed by atoms with Gasteiger partial charge in [-0.15, -0.1) is 0 Å². The molecule has 0 spiro atoms. The molecule has 0 aromatic carbocycles. The van der Waals surface area contributed by atoms with E-state index in [4.69, 9.17) is 4.98 Å². The SMILES string of the molecule is CC1(C)Cc2nc3c(cc2-c2[nH]ncc21)-c1[nH]ncc1C(C)(C)C3. The Labute approximate surface area is 140 Å². The van der Waals surface area contributed by atoms with Gasteiger partial charge in [0.05, 0.1) is 35.2 Å². The van der Waals surface area contributed by atoms with E-state index in [-0.39, 0.29) is 10.8 Å². The molecule has 0 aliphatic heterocycles. The van der Waals surface area contributed by atoms with E-state index in [1.807, 2.05) is 12.4 Å². The molecule has 2 aliphatic carbocycles. The van der Waals surface area contributed by atoms with Crippen LogP contribution in [0.25, 0.3) is 22.5 Å². The minimum Gasteiger partial charge on any atom is -0.277 e. The topological polar surface area (TPSA) is 70.2 Å². The zero-order valence-electron chi connectivity index (χ0n) is 14.5. The van der Waals surface area contributed by atoms with Gasteiger partial charge in [-0.05, 0) is 29.7 Å². The number of fused-ring (bicyclic) bond motifs is 6. The highest BCUT2D eigenvalue weighted by atomic mass is 15.1. The Bertz CT molecular complexity index is 898. The average Bonchev–Trinajstić information content (AvgIpc) is 3.15. The van der Waals surface area contributed by atoms with Gasteiger partial charge < -0.3 is 0 Å². The zero-order valence-corrected chi connectivity index (χ0v) is 14.5. The highest BCUT2D eigenvalue weighted by molar-refractivity contribution is 5.79. The lowest BCUT2D eigenvalue weighted by atomic mass is 9.71. The lowest BCUT2D eigenvalue weighted by Gasteiger charge is -2.34. The number of pyridine rings is 1. The van der Waals surface area contributed by atoms with Crippen molar-refractivity contribution in [3.8, 4) is 22.5 Å². The summed E-state index contributed by atoms with van der Waals surface area (Å²) in [5.74, 6) is 0. The van der Waals surface area contributed by atoms with Crippen LogP contribution in [0.3, 0.4) is 0 Å². The van der Waals surface area contributed by atoms with E-state index in [9.17, 15) is 0 Å². The Balaban J connectivity index is 1.79. The maximum Gasteiger partial charge on any atom is 0.0706 e. The smallest absolute Gasteiger partial charge is 0.0706 e. The van der Waals surface area contributed by atoms with Crippen LogP contribution >= 0.6 is 0 Å². The van der Waals surface area contributed by atoms with Crippen LogP contribution in [0, 0.1) is 0 Å². The van der Waals surface area contributed by atoms with Crippen LogP contribution in [0.5, 0.6) is 0 Å². The van der Waals surface area contributed by atoms with E-state index >= 15 is 0 Å². The molecule has 0 amide bonds. The fourth-order valence-electron chi connectivity index (χ4n) is 4.33. The lowest BCUT2D eigenvalue weighted by molar-refractivity contribution is 0.494. The molecule has 0 radical (unpaired) electrons. The number of hydrogen-bond donors (Lipinski definition) is 2. The number of aromatic amines is 2. The van der Waals surface area contributed by atoms with Crippen molar-refractivity contribution in [3.05, 3.63) is 41.0 Å². The van der Waals surface area contributed by atoms with E-state index in [0.717, 1.165) is 24.2 Å². The quantitative estimate of drug-likeness (QED) is 0.666. The molecule has 5 heteroatoms. The summed E-state index contributed by atoms with van der Waals surface area (Å²) in [6.07, 6.45) is 5.81. The molecule has 122 valence electrons. The third kappa shape index (κ3) is 1.67. The zero-order chi connectivity index (χ0) is 16.7. The monoisotopic (exact) mass is 319 g/mol. The predicted molar refractivity (Wildman–Crippen MR) is 92.9 cm³/mol. The first-order chi connectivity index (χ1) is 11.4. The number of aromatic nitrogens is 5. The Morgan fingerprint density at radius 3 is 1.71 bits per heavy atom. The van der Waals surface area contributed by atoms with Crippen LogP contribution in [0.1, 0.15) is 50.2 Å². The highest BCUT2D eigenvalue weighted by Crippen LogP contribution is 2.46. The summed E-state index contributed by atoms with van der Waals surface area (Å²) in [5, 5.41) is 15.0. The Morgan fingerprint density at radius 2 is 1.25 bits per heavy atom. The first-order valence-corrected chi connectivity index (χ1v) is 8.48. The van der Waals surface area contributed by atoms with Crippen molar-refractivity contribution in [1.29, 1.82) is 0 Å². The fourth-order valence-corrected chi connectivity index (χ4v) is 4.33. The number of rotatable bonds is 0. The molecule has 3 heterocycles. The molecule has 0 saturated carbocycles. The second-order valence-corrected chi connectivity index (χ2v) is 8.42. The van der Waals surface area contributed by atoms with Crippen LogP contribution in [0.2, 0.25) is 0 Å². The van der Waals surface area contributed by atoms with Gasteiger partial charge in [0.2, 0.25) is 0 Å². The van der Waals surface area contributed by atoms with Crippen molar-refractivity contribution in [2.75, 3.05) is 0 Å². The van der Waals surface area contributed by atoms with Gasteiger partial charge in [0.25, 0.3) is 0 Å². The standard InChI is InChI=1S/C19H21N5/c1-18(2)6-14-10(16-12(18)8-20-23-16)5-11-15(22-14)7-19(3,4)13-9-21-24-17(11)13/h5,8-9H,6-7H2,1-4H3,(H,20,23)(H,21,24). The lowest BCUT2D eigenvalue weighted by Crippen LogP contribution is -2.29. The van der Waals surface area contributed by atoms with Crippen molar-refractivity contribution < 1.29 is 0 Å². The van der Waals surface area contributed by atoms with Crippen LogP contribution in [-0.2, 0) is 23.7 Å². The van der Waals surface area contributed by atoms with Crippen LogP contribution in [0.4, 0.5) is 0 Å². The summed E-state index contributed by atoms with van der Waals surface area (Å²) in [7, 11) is 0. The number of H-pyrrole nitrogens is 2. The van der Waals surface area contributed by atoms with Crippen LogP contribution in [-0.4, -0.2) is 25.4 Å². The molecule has 0 saturated heterocycles. The second kappa shape index (κ2) is 4.15. The average molecular weight is 319 g/mol. The molecule has 2 N–H and O–H groups in total. The van der Waals surface area contributed by atoms with Crippen molar-refractivity contribution in [2.24, 2.45) is 0 Å². The van der Waals surface area contributed by atoms with Gasteiger partial charge in [0, 0.05) is 22.3 Å². The first kappa shape index (κ1) is 14.0. The first-order valence-electron chi connectivity index (χ1n) is 8.48. The number of hydrogen-bond acceptors (Lipinski definition) is 3. The Morgan fingerprint density at radius 1 is 0.792 bits per heavy atom. The third-order valence-corrected chi connectivity index (χ3v) is 5.67. The third-order valence-electron chi connectivity index (χ3n) is 5.67. The molecule has 3 aromatic heterocycles. The molecule has 5 rings (SSSR count). The molecule has 5 nitrogen and oxygen atoms in total. The van der Waals surface area contributed by atoms with Crippen molar-refractivity contribution >= 4 is 0 Å². The molecule has 0 atom stereocenters. The van der Waals surface area contributed by atoms with E-state index in [1.165, 1.54) is 33.6 Å². The largest absolute Gasteiger partial charge is 0.277 e. The van der Waals surface area contributed by atoms with Gasteiger partial charge in [-0.1, -0.05) is 27.7 Å². The summed E-state index contributed by atoms with van der Waals surface area (Å²) < 4.78 is 0. The van der Waals surface area contributed by atoms with Gasteiger partial charge in [-0.25, -0.2) is 0 Å². The van der Waals surface area contributed by atoms with Gasteiger partial charge in [0.1, 0.15) is 0 Å². The van der Waals surface area contributed by atoms with E-state index < -0.39 is 0 Å². The molecule has 3 aromatic rings. The molecule has 0 fully saturated rings. The molecular weight excluding hydrogens is 298 g/mol. The van der Waals surface area contributed by atoms with Crippen molar-refractivity contribution in [3.63, 3.8) is 0 Å². The van der Waals surface area contributed by atoms with Crippen LogP contribution < -0.4 is 0 Å². The summed E-state index contributed by atoms with van der Waals surface area (Å²) >= 11 is 0.